The van der Waals surface area contributed by atoms with Crippen LogP contribution in [0.1, 0.15) is 33.3 Å². The van der Waals surface area contributed by atoms with Gasteiger partial charge in [0.05, 0.1) is 5.56 Å². The number of hydrogen-bond acceptors (Lipinski definition) is 2. The first-order chi connectivity index (χ1) is 8.71. The zero-order valence-corrected chi connectivity index (χ0v) is 11.8. The second-order valence-electron chi connectivity index (χ2n) is 5.46. The van der Waals surface area contributed by atoms with E-state index in [4.69, 9.17) is 0 Å². The molecule has 0 spiro atoms. The Bertz CT molecular complexity index is 392. The Morgan fingerprint density at radius 2 is 1.74 bits per heavy atom. The monoisotopic (exact) mass is 274 g/mol. The van der Waals surface area contributed by atoms with Crippen molar-refractivity contribution < 1.29 is 13.2 Å². The molecule has 19 heavy (non-hydrogen) atoms. The molecule has 0 saturated heterocycles. The first-order valence-electron chi connectivity index (χ1n) is 6.49. The van der Waals surface area contributed by atoms with E-state index >= 15 is 0 Å². The number of rotatable bonds is 5. The molecule has 0 aromatic carbocycles. The maximum absolute atomic E-state index is 12.6. The number of halogens is 3. The van der Waals surface area contributed by atoms with Crippen LogP contribution in [0, 0.1) is 17.8 Å². The van der Waals surface area contributed by atoms with E-state index in [9.17, 15) is 13.2 Å². The molecule has 0 bridgehead atoms. The van der Waals surface area contributed by atoms with Gasteiger partial charge in [0.25, 0.3) is 0 Å². The standard InChI is InChI=1S/C14H21F3N2/c1-9(2)12(10(3)4)8-19-13-7-11(5-6-18-13)14(15,16)17/h5-7,9-10,12H,8H2,1-4H3,(H,18,19). The number of hydrogen-bond donors (Lipinski definition) is 1. The summed E-state index contributed by atoms with van der Waals surface area (Å²) in [5.41, 5.74) is -0.671. The molecule has 1 aromatic heterocycles. The summed E-state index contributed by atoms with van der Waals surface area (Å²) < 4.78 is 37.7. The molecule has 5 heteroatoms. The summed E-state index contributed by atoms with van der Waals surface area (Å²) >= 11 is 0. The van der Waals surface area contributed by atoms with Gasteiger partial charge in [0.1, 0.15) is 5.82 Å². The Morgan fingerprint density at radius 3 is 2.21 bits per heavy atom. The topological polar surface area (TPSA) is 24.9 Å². The van der Waals surface area contributed by atoms with Crippen LogP contribution in [0.4, 0.5) is 19.0 Å². The van der Waals surface area contributed by atoms with Crippen molar-refractivity contribution in [1.82, 2.24) is 4.98 Å². The number of alkyl halides is 3. The summed E-state index contributed by atoms with van der Waals surface area (Å²) in [5.74, 6) is 1.62. The number of nitrogens with zero attached hydrogens (tertiary/aromatic N) is 1. The quantitative estimate of drug-likeness (QED) is 0.858. The molecular weight excluding hydrogens is 253 g/mol. The van der Waals surface area contributed by atoms with Crippen LogP contribution in [0.2, 0.25) is 0 Å². The van der Waals surface area contributed by atoms with E-state index in [-0.39, 0.29) is 5.82 Å². The third-order valence-corrected chi connectivity index (χ3v) is 3.32. The van der Waals surface area contributed by atoms with Crippen molar-refractivity contribution in [2.24, 2.45) is 17.8 Å². The second-order valence-corrected chi connectivity index (χ2v) is 5.46. The van der Waals surface area contributed by atoms with Gasteiger partial charge in [-0.2, -0.15) is 13.2 Å². The number of aromatic nitrogens is 1. The van der Waals surface area contributed by atoms with Gasteiger partial charge in [-0.3, -0.25) is 0 Å². The van der Waals surface area contributed by atoms with Crippen LogP contribution in [-0.2, 0) is 6.18 Å². The highest BCUT2D eigenvalue weighted by Crippen LogP contribution is 2.30. The molecule has 1 heterocycles. The Labute approximate surface area is 112 Å². The first-order valence-corrected chi connectivity index (χ1v) is 6.49. The highest BCUT2D eigenvalue weighted by atomic mass is 19.4. The van der Waals surface area contributed by atoms with E-state index < -0.39 is 11.7 Å². The van der Waals surface area contributed by atoms with Crippen LogP contribution in [0.25, 0.3) is 0 Å². The number of pyridine rings is 1. The normalized spacial score (nSPS) is 12.5. The lowest BCUT2D eigenvalue weighted by atomic mass is 9.85. The molecule has 0 fully saturated rings. The van der Waals surface area contributed by atoms with Crippen molar-refractivity contribution in [2.45, 2.75) is 33.9 Å². The predicted molar refractivity (Wildman–Crippen MR) is 70.9 cm³/mol. The first kappa shape index (κ1) is 15.8. The average Bonchev–Trinajstić information content (AvgIpc) is 2.27. The number of nitrogens with one attached hydrogen (secondary N) is 1. The Kier molecular flexibility index (Phi) is 5.20. The summed E-state index contributed by atoms with van der Waals surface area (Å²) in [4.78, 5) is 3.93. The van der Waals surface area contributed by atoms with E-state index in [0.717, 1.165) is 12.1 Å². The minimum atomic E-state index is -4.32. The van der Waals surface area contributed by atoms with Gasteiger partial charge in [0.15, 0.2) is 0 Å². The molecular formula is C14H21F3N2. The maximum atomic E-state index is 12.6. The summed E-state index contributed by atoms with van der Waals surface area (Å²) in [6.07, 6.45) is -3.14. The summed E-state index contributed by atoms with van der Waals surface area (Å²) in [6, 6.07) is 2.03. The van der Waals surface area contributed by atoms with Crippen molar-refractivity contribution in [1.29, 1.82) is 0 Å². The molecule has 2 nitrogen and oxygen atoms in total. The second kappa shape index (κ2) is 6.26. The molecule has 0 unspecified atom stereocenters. The van der Waals surface area contributed by atoms with Crippen molar-refractivity contribution in [3.63, 3.8) is 0 Å². The largest absolute Gasteiger partial charge is 0.416 e. The Balaban J connectivity index is 2.73. The molecule has 0 radical (unpaired) electrons. The lowest BCUT2D eigenvalue weighted by molar-refractivity contribution is -0.137. The molecule has 0 amide bonds. The minimum absolute atomic E-state index is 0.279. The van der Waals surface area contributed by atoms with Gasteiger partial charge < -0.3 is 5.32 Å². The molecule has 1 N–H and O–H groups in total. The third kappa shape index (κ3) is 4.73. The zero-order valence-electron chi connectivity index (χ0n) is 11.8. The van der Waals surface area contributed by atoms with Gasteiger partial charge in [-0.25, -0.2) is 4.98 Å². The Hall–Kier alpha value is -1.26. The molecule has 0 aliphatic rings. The number of anilines is 1. The van der Waals surface area contributed by atoms with Crippen LogP contribution in [0.15, 0.2) is 18.3 Å². The lowest BCUT2D eigenvalue weighted by Crippen LogP contribution is -2.25. The van der Waals surface area contributed by atoms with Gasteiger partial charge in [0, 0.05) is 12.7 Å². The molecule has 1 aromatic rings. The fraction of sp³-hybridized carbons (Fsp3) is 0.643. The van der Waals surface area contributed by atoms with Gasteiger partial charge in [0.2, 0.25) is 0 Å². The lowest BCUT2D eigenvalue weighted by Gasteiger charge is -2.25. The van der Waals surface area contributed by atoms with Crippen LogP contribution in [-0.4, -0.2) is 11.5 Å². The molecule has 0 aliphatic carbocycles. The van der Waals surface area contributed by atoms with Gasteiger partial charge >= 0.3 is 6.18 Å². The summed E-state index contributed by atoms with van der Waals surface area (Å²) in [6.45, 7) is 9.10. The zero-order chi connectivity index (χ0) is 14.6. The van der Waals surface area contributed by atoms with Gasteiger partial charge in [-0.15, -0.1) is 0 Å². The van der Waals surface area contributed by atoms with Crippen molar-refractivity contribution in [2.75, 3.05) is 11.9 Å². The third-order valence-electron chi connectivity index (χ3n) is 3.32. The highest BCUT2D eigenvalue weighted by Gasteiger charge is 2.30. The summed E-state index contributed by atoms with van der Waals surface area (Å²) in [5, 5.41) is 3.01. The smallest absolute Gasteiger partial charge is 0.370 e. The van der Waals surface area contributed by atoms with Crippen LogP contribution in [0.5, 0.6) is 0 Å². The predicted octanol–water partition coefficient (Wildman–Crippen LogP) is 4.44. The van der Waals surface area contributed by atoms with Crippen LogP contribution >= 0.6 is 0 Å². The fourth-order valence-corrected chi connectivity index (χ4v) is 2.17. The van der Waals surface area contributed by atoms with Gasteiger partial charge in [-0.05, 0) is 29.9 Å². The Morgan fingerprint density at radius 1 is 1.16 bits per heavy atom. The summed E-state index contributed by atoms with van der Waals surface area (Å²) in [7, 11) is 0. The van der Waals surface area contributed by atoms with E-state index in [1.54, 1.807) is 0 Å². The van der Waals surface area contributed by atoms with Crippen molar-refractivity contribution in [3.05, 3.63) is 23.9 Å². The van der Waals surface area contributed by atoms with Crippen LogP contribution in [0.3, 0.4) is 0 Å². The molecule has 1 rings (SSSR count). The highest BCUT2D eigenvalue weighted by molar-refractivity contribution is 5.38. The van der Waals surface area contributed by atoms with E-state index in [2.05, 4.69) is 38.0 Å². The van der Waals surface area contributed by atoms with E-state index in [1.807, 2.05) is 0 Å². The molecule has 0 aliphatic heterocycles. The van der Waals surface area contributed by atoms with Crippen molar-refractivity contribution >= 4 is 5.82 Å². The SMILES string of the molecule is CC(C)C(CNc1cc(C(F)(F)F)ccn1)C(C)C. The minimum Gasteiger partial charge on any atom is -0.370 e. The maximum Gasteiger partial charge on any atom is 0.416 e. The van der Waals surface area contributed by atoms with Crippen molar-refractivity contribution in [3.8, 4) is 0 Å². The molecule has 0 atom stereocenters. The molecule has 108 valence electrons. The average molecular weight is 274 g/mol. The van der Waals surface area contributed by atoms with Crippen LogP contribution < -0.4 is 5.32 Å². The van der Waals surface area contributed by atoms with Gasteiger partial charge in [-0.1, -0.05) is 27.7 Å². The van der Waals surface area contributed by atoms with E-state index in [0.29, 0.717) is 24.3 Å². The van der Waals surface area contributed by atoms with E-state index in [1.165, 1.54) is 6.20 Å². The fourth-order valence-electron chi connectivity index (χ4n) is 2.17. The molecule has 0 saturated carbocycles.